The lowest BCUT2D eigenvalue weighted by atomic mass is 10.00. The molecule has 1 heterocycles. The van der Waals surface area contributed by atoms with E-state index in [1.807, 2.05) is 56.3 Å². The Kier molecular flexibility index (Phi) is 4.93. The van der Waals surface area contributed by atoms with Gasteiger partial charge in [-0.2, -0.15) is 0 Å². The summed E-state index contributed by atoms with van der Waals surface area (Å²) in [5.74, 6) is 1.75. The number of aromatic nitrogens is 2. The zero-order chi connectivity index (χ0) is 17.8. The molecule has 0 fully saturated rings. The first-order valence-electron chi connectivity index (χ1n) is 8.14. The van der Waals surface area contributed by atoms with Crippen LogP contribution in [0.25, 0.3) is 11.5 Å². The second-order valence-corrected chi connectivity index (χ2v) is 5.97. The van der Waals surface area contributed by atoms with E-state index >= 15 is 0 Å². The molecule has 128 valence electrons. The van der Waals surface area contributed by atoms with Crippen molar-refractivity contribution in [3.8, 4) is 17.2 Å². The van der Waals surface area contributed by atoms with Crippen molar-refractivity contribution in [2.45, 2.75) is 26.7 Å². The van der Waals surface area contributed by atoms with Crippen molar-refractivity contribution in [3.63, 3.8) is 0 Å². The van der Waals surface area contributed by atoms with Gasteiger partial charge in [-0.15, -0.1) is 10.2 Å². The van der Waals surface area contributed by atoms with Gasteiger partial charge < -0.3 is 9.15 Å². The number of methoxy groups -OCH3 is 1. The van der Waals surface area contributed by atoms with Crippen molar-refractivity contribution < 1.29 is 13.9 Å². The van der Waals surface area contributed by atoms with Crippen LogP contribution in [0.5, 0.6) is 5.75 Å². The third-order valence-corrected chi connectivity index (χ3v) is 4.05. The lowest BCUT2D eigenvalue weighted by Gasteiger charge is -2.05. The summed E-state index contributed by atoms with van der Waals surface area (Å²) in [6.07, 6.45) is 0.767. The molecule has 5 heteroatoms. The van der Waals surface area contributed by atoms with Crippen molar-refractivity contribution in [2.24, 2.45) is 0 Å². The minimum Gasteiger partial charge on any atom is -0.497 e. The van der Waals surface area contributed by atoms with E-state index in [-0.39, 0.29) is 5.78 Å². The number of aryl methyl sites for hydroxylation is 3. The van der Waals surface area contributed by atoms with Gasteiger partial charge >= 0.3 is 0 Å². The monoisotopic (exact) mass is 336 g/mol. The van der Waals surface area contributed by atoms with Crippen molar-refractivity contribution >= 4 is 5.78 Å². The molecule has 0 atom stereocenters. The van der Waals surface area contributed by atoms with E-state index < -0.39 is 0 Å². The van der Waals surface area contributed by atoms with Gasteiger partial charge in [-0.05, 0) is 43.7 Å². The Balaban J connectivity index is 1.66. The van der Waals surface area contributed by atoms with Crippen LogP contribution in [0.2, 0.25) is 0 Å². The first-order chi connectivity index (χ1) is 12.1. The van der Waals surface area contributed by atoms with Gasteiger partial charge in [0.1, 0.15) is 5.75 Å². The van der Waals surface area contributed by atoms with E-state index in [9.17, 15) is 4.79 Å². The molecule has 0 aliphatic heterocycles. The highest BCUT2D eigenvalue weighted by Crippen LogP contribution is 2.22. The van der Waals surface area contributed by atoms with Crippen molar-refractivity contribution in [1.29, 1.82) is 0 Å². The van der Waals surface area contributed by atoms with E-state index in [0.717, 1.165) is 28.0 Å². The summed E-state index contributed by atoms with van der Waals surface area (Å²) in [4.78, 5) is 12.4. The zero-order valence-electron chi connectivity index (χ0n) is 14.6. The largest absolute Gasteiger partial charge is 0.497 e. The summed E-state index contributed by atoms with van der Waals surface area (Å²) in [6.45, 7) is 3.97. The zero-order valence-corrected chi connectivity index (χ0v) is 14.6. The molecule has 0 aliphatic carbocycles. The van der Waals surface area contributed by atoms with Crippen molar-refractivity contribution in [2.75, 3.05) is 7.11 Å². The highest BCUT2D eigenvalue weighted by Gasteiger charge is 2.13. The molecule has 0 bridgehead atoms. The van der Waals surface area contributed by atoms with Gasteiger partial charge in [0.05, 0.1) is 7.11 Å². The lowest BCUT2D eigenvalue weighted by molar-refractivity contribution is 0.0980. The van der Waals surface area contributed by atoms with Crippen LogP contribution in [0.3, 0.4) is 0 Å². The minimum absolute atomic E-state index is 0.0849. The maximum Gasteiger partial charge on any atom is 0.247 e. The molecule has 0 radical (unpaired) electrons. The van der Waals surface area contributed by atoms with Gasteiger partial charge in [-0.3, -0.25) is 4.79 Å². The normalized spacial score (nSPS) is 10.7. The molecule has 0 saturated carbocycles. The van der Waals surface area contributed by atoms with Crippen LogP contribution in [0.4, 0.5) is 0 Å². The average Bonchev–Trinajstić information content (AvgIpc) is 3.09. The SMILES string of the molecule is COc1ccc(-c2nnc(CCC(=O)c3ccc(C)cc3C)o2)cc1. The van der Waals surface area contributed by atoms with E-state index in [1.54, 1.807) is 7.11 Å². The quantitative estimate of drug-likeness (QED) is 0.632. The molecule has 2 aromatic carbocycles. The smallest absolute Gasteiger partial charge is 0.247 e. The topological polar surface area (TPSA) is 65.2 Å². The molecular weight excluding hydrogens is 316 g/mol. The van der Waals surface area contributed by atoms with Gasteiger partial charge in [-0.25, -0.2) is 0 Å². The lowest BCUT2D eigenvalue weighted by Crippen LogP contribution is -2.04. The molecule has 1 aromatic heterocycles. The van der Waals surface area contributed by atoms with Gasteiger partial charge in [0.25, 0.3) is 0 Å². The summed E-state index contributed by atoms with van der Waals surface area (Å²) in [7, 11) is 1.62. The first-order valence-corrected chi connectivity index (χ1v) is 8.14. The predicted octanol–water partition coefficient (Wildman–Crippen LogP) is 4.18. The Morgan fingerprint density at radius 1 is 1.08 bits per heavy atom. The van der Waals surface area contributed by atoms with Gasteiger partial charge in [0.2, 0.25) is 11.8 Å². The summed E-state index contributed by atoms with van der Waals surface area (Å²) in [5.41, 5.74) is 3.71. The number of carbonyl (C=O) groups excluding carboxylic acids is 1. The highest BCUT2D eigenvalue weighted by molar-refractivity contribution is 5.97. The number of benzene rings is 2. The molecule has 3 rings (SSSR count). The Labute approximate surface area is 146 Å². The molecule has 0 spiro atoms. The summed E-state index contributed by atoms with van der Waals surface area (Å²) < 4.78 is 10.8. The van der Waals surface area contributed by atoms with Crippen molar-refractivity contribution in [3.05, 3.63) is 65.0 Å². The van der Waals surface area contributed by atoms with Crippen LogP contribution in [0, 0.1) is 13.8 Å². The Morgan fingerprint density at radius 2 is 1.84 bits per heavy atom. The standard InChI is InChI=1S/C20H20N2O3/c1-13-4-9-17(14(2)12-13)18(23)10-11-19-21-22-20(25-19)15-5-7-16(24-3)8-6-15/h4-9,12H,10-11H2,1-3H3. The molecule has 3 aromatic rings. The van der Waals surface area contributed by atoms with E-state index in [0.29, 0.717) is 24.6 Å². The molecule has 25 heavy (non-hydrogen) atoms. The Bertz CT molecular complexity index is 882. The van der Waals surface area contributed by atoms with Crippen LogP contribution in [-0.2, 0) is 6.42 Å². The maximum atomic E-state index is 12.4. The number of nitrogens with zero attached hydrogens (tertiary/aromatic N) is 2. The number of carbonyl (C=O) groups is 1. The van der Waals surface area contributed by atoms with Gasteiger partial charge in [0.15, 0.2) is 5.78 Å². The van der Waals surface area contributed by atoms with E-state index in [2.05, 4.69) is 10.2 Å². The van der Waals surface area contributed by atoms with E-state index in [1.165, 1.54) is 0 Å². The molecule has 0 amide bonds. The average molecular weight is 336 g/mol. The fourth-order valence-corrected chi connectivity index (χ4v) is 2.69. The van der Waals surface area contributed by atoms with Crippen LogP contribution in [0.15, 0.2) is 46.9 Å². The second kappa shape index (κ2) is 7.30. The first kappa shape index (κ1) is 16.9. The highest BCUT2D eigenvalue weighted by atomic mass is 16.5. The molecule has 0 saturated heterocycles. The van der Waals surface area contributed by atoms with Gasteiger partial charge in [0, 0.05) is 24.0 Å². The Morgan fingerprint density at radius 3 is 2.52 bits per heavy atom. The summed E-state index contributed by atoms with van der Waals surface area (Å²) in [6, 6.07) is 13.2. The number of ketones is 1. The number of Topliss-reactive ketones (excluding diaryl/α,β-unsaturated/α-hetero) is 1. The molecule has 0 unspecified atom stereocenters. The van der Waals surface area contributed by atoms with Crippen LogP contribution in [-0.4, -0.2) is 23.1 Å². The number of rotatable bonds is 6. The molecule has 5 nitrogen and oxygen atoms in total. The van der Waals surface area contributed by atoms with E-state index in [4.69, 9.17) is 9.15 Å². The Hall–Kier alpha value is -2.95. The molecular formula is C20H20N2O3. The van der Waals surface area contributed by atoms with Gasteiger partial charge in [-0.1, -0.05) is 23.8 Å². The van der Waals surface area contributed by atoms with Crippen LogP contribution in [0.1, 0.15) is 33.8 Å². The number of ether oxygens (including phenoxy) is 1. The van der Waals surface area contributed by atoms with Crippen LogP contribution < -0.4 is 4.74 Å². The maximum absolute atomic E-state index is 12.4. The second-order valence-electron chi connectivity index (χ2n) is 5.97. The fraction of sp³-hybridized carbons (Fsp3) is 0.250. The molecule has 0 N–H and O–H groups in total. The molecule has 0 aliphatic rings. The summed E-state index contributed by atoms with van der Waals surface area (Å²) >= 11 is 0. The van der Waals surface area contributed by atoms with Crippen molar-refractivity contribution in [1.82, 2.24) is 10.2 Å². The number of hydrogen-bond acceptors (Lipinski definition) is 5. The summed E-state index contributed by atoms with van der Waals surface area (Å²) in [5, 5.41) is 8.09. The predicted molar refractivity (Wildman–Crippen MR) is 94.9 cm³/mol. The van der Waals surface area contributed by atoms with Crippen LogP contribution >= 0.6 is 0 Å². The number of hydrogen-bond donors (Lipinski definition) is 0. The minimum atomic E-state index is 0.0849. The fourth-order valence-electron chi connectivity index (χ4n) is 2.69. The third-order valence-electron chi connectivity index (χ3n) is 4.05. The third kappa shape index (κ3) is 3.94.